The van der Waals surface area contributed by atoms with E-state index >= 15 is 0 Å². The van der Waals surface area contributed by atoms with Gasteiger partial charge >= 0.3 is 12.2 Å². The van der Waals surface area contributed by atoms with Crippen molar-refractivity contribution >= 4 is 12.2 Å². The number of fused-ring (bicyclic) bond motifs is 1. The van der Waals surface area contributed by atoms with E-state index in [1.165, 1.54) is 4.90 Å². The monoisotopic (exact) mass is 293 g/mol. The van der Waals surface area contributed by atoms with Gasteiger partial charge in [-0.15, -0.1) is 0 Å². The van der Waals surface area contributed by atoms with Crippen molar-refractivity contribution in [2.24, 2.45) is 0 Å². The third-order valence-electron chi connectivity index (χ3n) is 3.07. The van der Waals surface area contributed by atoms with Gasteiger partial charge in [-0.25, -0.2) is 9.59 Å². The molecule has 114 valence electrons. The van der Waals surface area contributed by atoms with Gasteiger partial charge in [0.2, 0.25) is 0 Å². The van der Waals surface area contributed by atoms with E-state index in [9.17, 15) is 9.59 Å². The van der Waals surface area contributed by atoms with E-state index < -0.39 is 24.1 Å². The van der Waals surface area contributed by atoms with Crippen LogP contribution in [0.3, 0.4) is 0 Å². The molecule has 21 heavy (non-hydrogen) atoms. The summed E-state index contributed by atoms with van der Waals surface area (Å²) in [6.07, 6.45) is -2.54. The maximum atomic E-state index is 12.2. The second-order valence-electron chi connectivity index (χ2n) is 5.92. The van der Waals surface area contributed by atoms with Crippen LogP contribution in [-0.4, -0.2) is 34.1 Å². The third kappa shape index (κ3) is 3.87. The fraction of sp³-hybridized carbons (Fsp3) is 0.467. The largest absolute Gasteiger partial charge is 0.507 e. The lowest BCUT2D eigenvalue weighted by Gasteiger charge is -2.36. The first-order valence-corrected chi connectivity index (χ1v) is 6.72. The van der Waals surface area contributed by atoms with Gasteiger partial charge in [-0.3, -0.25) is 4.90 Å². The standard InChI is InChI=1S/C15H19NO5/c1-15(2,3)21-13(17)16-9-11-7-5-4-6-10(11)8-12(16)20-14(18)19/h4-7,12H,8-9H2,1-3H3,(H,18,19)/t12-/m0/s1. The normalized spacial score (nSPS) is 17.9. The molecule has 1 aliphatic heterocycles. The Labute approximate surface area is 123 Å². The van der Waals surface area contributed by atoms with Crippen LogP contribution in [0.1, 0.15) is 31.9 Å². The minimum atomic E-state index is -1.41. The SMILES string of the molecule is CC(C)(C)OC(=O)N1Cc2ccccc2C[C@@H]1OC(=O)O. The number of carbonyl (C=O) groups excluding carboxylic acids is 1. The summed E-state index contributed by atoms with van der Waals surface area (Å²) in [7, 11) is 0. The quantitative estimate of drug-likeness (QED) is 0.805. The molecule has 0 radical (unpaired) electrons. The average Bonchev–Trinajstić information content (AvgIpc) is 2.35. The van der Waals surface area contributed by atoms with Gasteiger partial charge in [0.25, 0.3) is 0 Å². The summed E-state index contributed by atoms with van der Waals surface area (Å²) in [5, 5.41) is 8.84. The van der Waals surface area contributed by atoms with Crippen LogP contribution in [0.2, 0.25) is 0 Å². The number of hydrogen-bond acceptors (Lipinski definition) is 4. The summed E-state index contributed by atoms with van der Waals surface area (Å²) in [6, 6.07) is 7.56. The molecule has 1 aliphatic rings. The van der Waals surface area contributed by atoms with Crippen LogP contribution in [0.4, 0.5) is 9.59 Å². The van der Waals surface area contributed by atoms with Crippen LogP contribution in [0.5, 0.6) is 0 Å². The van der Waals surface area contributed by atoms with Gasteiger partial charge in [0.1, 0.15) is 5.60 Å². The van der Waals surface area contributed by atoms with E-state index in [-0.39, 0.29) is 6.54 Å². The highest BCUT2D eigenvalue weighted by molar-refractivity contribution is 5.69. The topological polar surface area (TPSA) is 76.1 Å². The number of amides is 1. The lowest BCUT2D eigenvalue weighted by Crippen LogP contribution is -2.48. The minimum Gasteiger partial charge on any atom is -0.450 e. The highest BCUT2D eigenvalue weighted by atomic mass is 16.7. The first-order valence-electron chi connectivity index (χ1n) is 6.72. The number of nitrogens with zero attached hydrogens (tertiary/aromatic N) is 1. The number of rotatable bonds is 1. The van der Waals surface area contributed by atoms with Crippen molar-refractivity contribution in [3.63, 3.8) is 0 Å². The highest BCUT2D eigenvalue weighted by Crippen LogP contribution is 2.25. The molecule has 0 spiro atoms. The van der Waals surface area contributed by atoms with E-state index in [1.54, 1.807) is 20.8 Å². The maximum Gasteiger partial charge on any atom is 0.507 e. The highest BCUT2D eigenvalue weighted by Gasteiger charge is 2.35. The van der Waals surface area contributed by atoms with E-state index in [4.69, 9.17) is 14.6 Å². The number of hydrogen-bond donors (Lipinski definition) is 1. The maximum absolute atomic E-state index is 12.2. The Hall–Kier alpha value is -2.24. The Morgan fingerprint density at radius 3 is 2.43 bits per heavy atom. The molecule has 0 aromatic heterocycles. The Kier molecular flexibility index (Phi) is 4.06. The van der Waals surface area contributed by atoms with Crippen molar-refractivity contribution in [1.29, 1.82) is 0 Å². The first-order chi connectivity index (χ1) is 9.76. The van der Waals surface area contributed by atoms with Crippen LogP contribution in [-0.2, 0) is 22.4 Å². The molecule has 0 unspecified atom stereocenters. The zero-order valence-corrected chi connectivity index (χ0v) is 12.3. The van der Waals surface area contributed by atoms with Crippen molar-refractivity contribution in [2.75, 3.05) is 0 Å². The predicted molar refractivity (Wildman–Crippen MR) is 74.8 cm³/mol. The van der Waals surface area contributed by atoms with Gasteiger partial charge in [-0.2, -0.15) is 0 Å². The molecule has 6 heteroatoms. The molecule has 1 aromatic carbocycles. The molecule has 0 aliphatic carbocycles. The van der Waals surface area contributed by atoms with Crippen molar-refractivity contribution in [3.05, 3.63) is 35.4 Å². The first kappa shape index (κ1) is 15.2. The van der Waals surface area contributed by atoms with E-state index in [0.29, 0.717) is 6.42 Å². The van der Waals surface area contributed by atoms with E-state index in [0.717, 1.165) is 11.1 Å². The summed E-state index contributed by atoms with van der Waals surface area (Å²) in [5.41, 5.74) is 1.29. The number of carboxylic acid groups (broad SMARTS) is 1. The van der Waals surface area contributed by atoms with Gasteiger partial charge in [0.05, 0.1) is 6.54 Å². The molecule has 1 aromatic rings. The zero-order chi connectivity index (χ0) is 15.6. The lowest BCUT2D eigenvalue weighted by molar-refractivity contribution is -0.0564. The second-order valence-corrected chi connectivity index (χ2v) is 5.92. The summed E-state index contributed by atoms with van der Waals surface area (Å²) >= 11 is 0. The van der Waals surface area contributed by atoms with Crippen LogP contribution in [0.15, 0.2) is 24.3 Å². The van der Waals surface area contributed by atoms with Crippen molar-refractivity contribution in [2.45, 2.75) is 45.6 Å². The summed E-state index contributed by atoms with van der Waals surface area (Å²) in [4.78, 5) is 24.4. The number of carbonyl (C=O) groups is 2. The Bertz CT molecular complexity index is 549. The molecule has 6 nitrogen and oxygen atoms in total. The molecule has 2 rings (SSSR count). The lowest BCUT2D eigenvalue weighted by atomic mass is 9.99. The average molecular weight is 293 g/mol. The minimum absolute atomic E-state index is 0.267. The molecule has 0 fully saturated rings. The Morgan fingerprint density at radius 2 is 1.86 bits per heavy atom. The van der Waals surface area contributed by atoms with E-state index in [2.05, 4.69) is 0 Å². The molecule has 0 saturated heterocycles. The van der Waals surface area contributed by atoms with Gasteiger partial charge in [0.15, 0.2) is 6.23 Å². The van der Waals surface area contributed by atoms with Crippen LogP contribution >= 0.6 is 0 Å². The van der Waals surface area contributed by atoms with Gasteiger partial charge in [-0.1, -0.05) is 24.3 Å². The molecular weight excluding hydrogens is 274 g/mol. The van der Waals surface area contributed by atoms with Gasteiger partial charge in [-0.05, 0) is 31.9 Å². The molecule has 0 bridgehead atoms. The van der Waals surface area contributed by atoms with E-state index in [1.807, 2.05) is 24.3 Å². The fourth-order valence-corrected chi connectivity index (χ4v) is 2.22. The molecule has 1 N–H and O–H groups in total. The summed E-state index contributed by atoms with van der Waals surface area (Å²) in [5.74, 6) is 0. The van der Waals surface area contributed by atoms with Crippen LogP contribution in [0.25, 0.3) is 0 Å². The molecule has 1 amide bonds. The number of ether oxygens (including phenoxy) is 2. The van der Waals surface area contributed by atoms with Crippen LogP contribution in [0, 0.1) is 0 Å². The molecule has 1 atom stereocenters. The van der Waals surface area contributed by atoms with Gasteiger partial charge in [0, 0.05) is 6.42 Å². The smallest absolute Gasteiger partial charge is 0.450 e. The van der Waals surface area contributed by atoms with Crippen LogP contribution < -0.4 is 0 Å². The zero-order valence-electron chi connectivity index (χ0n) is 12.3. The third-order valence-corrected chi connectivity index (χ3v) is 3.07. The molecule has 0 saturated carbocycles. The summed E-state index contributed by atoms with van der Waals surface area (Å²) in [6.45, 7) is 5.55. The fourth-order valence-electron chi connectivity index (χ4n) is 2.22. The molecular formula is C15H19NO5. The predicted octanol–water partition coefficient (Wildman–Crippen LogP) is 3.00. The Morgan fingerprint density at radius 1 is 1.24 bits per heavy atom. The van der Waals surface area contributed by atoms with Crippen molar-refractivity contribution < 1.29 is 24.2 Å². The molecule has 1 heterocycles. The summed E-state index contributed by atoms with van der Waals surface area (Å²) < 4.78 is 10.2. The van der Waals surface area contributed by atoms with Crippen molar-refractivity contribution in [1.82, 2.24) is 4.90 Å². The second kappa shape index (κ2) is 5.63. The van der Waals surface area contributed by atoms with Gasteiger partial charge < -0.3 is 14.6 Å². The number of benzene rings is 1. The van der Waals surface area contributed by atoms with Crippen molar-refractivity contribution in [3.8, 4) is 0 Å². The Balaban J connectivity index is 2.24.